The summed E-state index contributed by atoms with van der Waals surface area (Å²) in [5, 5.41) is 0. The van der Waals surface area contributed by atoms with E-state index in [0.29, 0.717) is 6.04 Å². The molecule has 2 nitrogen and oxygen atoms in total. The molecule has 0 aliphatic carbocycles. The minimum absolute atomic E-state index is 0.354. The van der Waals surface area contributed by atoms with Crippen molar-refractivity contribution < 1.29 is 4.57 Å². The van der Waals surface area contributed by atoms with Gasteiger partial charge in [0.25, 0.3) is 0 Å². The molecule has 76 valence electrons. The van der Waals surface area contributed by atoms with Crippen LogP contribution in [-0.4, -0.2) is 4.57 Å². The summed E-state index contributed by atoms with van der Waals surface area (Å²) >= 11 is 0. The lowest BCUT2D eigenvalue weighted by molar-refractivity contribution is -0.709. The lowest BCUT2D eigenvalue weighted by Crippen LogP contribution is -2.35. The highest BCUT2D eigenvalue weighted by molar-refractivity contribution is 5.17. The Bertz CT molecular complexity index is 443. The van der Waals surface area contributed by atoms with E-state index in [1.807, 2.05) is 23.2 Å². The molecule has 15 heavy (non-hydrogen) atoms. The number of hydrogen-bond donors (Lipinski definition) is 0. The molecule has 1 aromatic carbocycles. The molecule has 0 radical (unpaired) electrons. The number of benzene rings is 1. The van der Waals surface area contributed by atoms with Crippen LogP contribution < -0.4 is 4.57 Å². The summed E-state index contributed by atoms with van der Waals surface area (Å²) < 4.78 is 4.11. The molecular weight excluding hydrogens is 184 g/mol. The second-order valence-electron chi connectivity index (χ2n) is 3.58. The summed E-state index contributed by atoms with van der Waals surface area (Å²) in [6, 6.07) is 10.8. The van der Waals surface area contributed by atoms with Gasteiger partial charge >= 0.3 is 0 Å². The van der Waals surface area contributed by atoms with E-state index in [1.165, 1.54) is 5.56 Å². The van der Waals surface area contributed by atoms with Crippen molar-refractivity contribution in [2.24, 2.45) is 0 Å². The third-order valence-electron chi connectivity index (χ3n) is 2.62. The van der Waals surface area contributed by atoms with Gasteiger partial charge in [0.15, 0.2) is 0 Å². The minimum atomic E-state index is 0.354. The minimum Gasteiger partial charge on any atom is -0.230 e. The van der Waals surface area contributed by atoms with Crippen LogP contribution in [0, 0.1) is 0 Å². The first kappa shape index (κ1) is 9.71. The van der Waals surface area contributed by atoms with Crippen LogP contribution >= 0.6 is 0 Å². The standard InChI is InChI=1S/C13H15N2/c1-3-14-9-10-15(11-14)12(2)13-7-5-4-6-8-13/h3-12H,1H2,2H3/q+1. The zero-order valence-corrected chi connectivity index (χ0v) is 8.88. The molecule has 0 bridgehead atoms. The Kier molecular flexibility index (Phi) is 2.68. The van der Waals surface area contributed by atoms with Crippen LogP contribution in [0.25, 0.3) is 6.20 Å². The van der Waals surface area contributed by atoms with Crippen LogP contribution in [0.1, 0.15) is 18.5 Å². The van der Waals surface area contributed by atoms with Crippen molar-refractivity contribution in [3.8, 4) is 0 Å². The van der Waals surface area contributed by atoms with Gasteiger partial charge < -0.3 is 0 Å². The van der Waals surface area contributed by atoms with Gasteiger partial charge in [0.05, 0.1) is 6.20 Å². The van der Waals surface area contributed by atoms with E-state index in [2.05, 4.69) is 48.5 Å². The van der Waals surface area contributed by atoms with E-state index < -0.39 is 0 Å². The Labute approximate surface area is 90.1 Å². The maximum atomic E-state index is 3.73. The molecule has 0 spiro atoms. The van der Waals surface area contributed by atoms with Gasteiger partial charge in [-0.3, -0.25) is 0 Å². The lowest BCUT2D eigenvalue weighted by Gasteiger charge is -2.07. The predicted molar refractivity (Wildman–Crippen MR) is 61.3 cm³/mol. The van der Waals surface area contributed by atoms with Crippen LogP contribution in [0.5, 0.6) is 0 Å². The van der Waals surface area contributed by atoms with Gasteiger partial charge in [0, 0.05) is 0 Å². The van der Waals surface area contributed by atoms with Crippen LogP contribution in [0.3, 0.4) is 0 Å². The Morgan fingerprint density at radius 2 is 2.07 bits per heavy atom. The van der Waals surface area contributed by atoms with Gasteiger partial charge in [0.2, 0.25) is 6.33 Å². The van der Waals surface area contributed by atoms with Crippen molar-refractivity contribution in [2.45, 2.75) is 13.0 Å². The summed E-state index contributed by atoms with van der Waals surface area (Å²) in [5.41, 5.74) is 1.31. The van der Waals surface area contributed by atoms with Crippen molar-refractivity contribution >= 4 is 6.20 Å². The van der Waals surface area contributed by atoms with Crippen LogP contribution in [0.2, 0.25) is 0 Å². The van der Waals surface area contributed by atoms with Gasteiger partial charge in [-0.1, -0.05) is 36.9 Å². The zero-order valence-electron chi connectivity index (χ0n) is 8.88. The van der Waals surface area contributed by atoms with Gasteiger partial charge in [-0.15, -0.1) is 0 Å². The Morgan fingerprint density at radius 3 is 2.67 bits per heavy atom. The maximum Gasteiger partial charge on any atom is 0.248 e. The number of nitrogens with zero attached hydrogens (tertiary/aromatic N) is 2. The van der Waals surface area contributed by atoms with E-state index in [9.17, 15) is 0 Å². The highest BCUT2D eigenvalue weighted by Crippen LogP contribution is 2.10. The predicted octanol–water partition coefficient (Wildman–Crippen LogP) is 2.49. The number of imidazole rings is 1. The molecule has 0 aliphatic heterocycles. The fourth-order valence-electron chi connectivity index (χ4n) is 1.63. The molecule has 2 aromatic rings. The van der Waals surface area contributed by atoms with Crippen molar-refractivity contribution in [1.29, 1.82) is 0 Å². The number of hydrogen-bond acceptors (Lipinski definition) is 0. The highest BCUT2D eigenvalue weighted by Gasteiger charge is 2.12. The average molecular weight is 199 g/mol. The van der Waals surface area contributed by atoms with E-state index in [0.717, 1.165) is 0 Å². The van der Waals surface area contributed by atoms with Crippen LogP contribution in [0.4, 0.5) is 0 Å². The molecule has 1 aromatic heterocycles. The summed E-state index contributed by atoms with van der Waals surface area (Å²) in [4.78, 5) is 0. The fourth-order valence-corrected chi connectivity index (χ4v) is 1.63. The molecule has 0 fully saturated rings. The topological polar surface area (TPSA) is 8.81 Å². The summed E-state index contributed by atoms with van der Waals surface area (Å²) in [6.45, 7) is 5.91. The Hall–Kier alpha value is -1.83. The highest BCUT2D eigenvalue weighted by atomic mass is 15.1. The molecule has 0 amide bonds. The molecule has 0 N–H and O–H groups in total. The number of rotatable bonds is 3. The first-order chi connectivity index (χ1) is 7.31. The molecule has 0 saturated carbocycles. The zero-order chi connectivity index (χ0) is 10.7. The Morgan fingerprint density at radius 1 is 1.33 bits per heavy atom. The van der Waals surface area contributed by atoms with E-state index in [1.54, 1.807) is 6.20 Å². The van der Waals surface area contributed by atoms with E-state index in [4.69, 9.17) is 0 Å². The first-order valence-electron chi connectivity index (χ1n) is 5.07. The largest absolute Gasteiger partial charge is 0.248 e. The van der Waals surface area contributed by atoms with Crippen molar-refractivity contribution in [1.82, 2.24) is 4.57 Å². The molecule has 1 unspecified atom stereocenters. The number of aromatic nitrogens is 2. The Balaban J connectivity index is 2.28. The van der Waals surface area contributed by atoms with Crippen LogP contribution in [0.15, 0.2) is 55.6 Å². The van der Waals surface area contributed by atoms with E-state index in [-0.39, 0.29) is 0 Å². The second-order valence-corrected chi connectivity index (χ2v) is 3.58. The van der Waals surface area contributed by atoms with Gasteiger partial charge in [-0.25, -0.2) is 9.13 Å². The maximum absolute atomic E-state index is 3.73. The summed E-state index contributed by atoms with van der Waals surface area (Å²) in [7, 11) is 0. The molecular formula is C13H15N2+. The van der Waals surface area contributed by atoms with Gasteiger partial charge in [0.1, 0.15) is 18.4 Å². The fraction of sp³-hybridized carbons (Fsp3) is 0.154. The smallest absolute Gasteiger partial charge is 0.230 e. The average Bonchev–Trinajstić information content (AvgIpc) is 2.78. The lowest BCUT2D eigenvalue weighted by atomic mass is 10.1. The molecule has 0 aliphatic rings. The summed E-state index contributed by atoms with van der Waals surface area (Å²) in [5.74, 6) is 0. The normalized spacial score (nSPS) is 12.3. The quantitative estimate of drug-likeness (QED) is 0.671. The molecule has 2 rings (SSSR count). The first-order valence-corrected chi connectivity index (χ1v) is 5.07. The van der Waals surface area contributed by atoms with Crippen molar-refractivity contribution in [3.05, 3.63) is 61.2 Å². The molecule has 2 heteroatoms. The van der Waals surface area contributed by atoms with E-state index >= 15 is 0 Å². The third kappa shape index (κ3) is 1.99. The van der Waals surface area contributed by atoms with Crippen LogP contribution in [-0.2, 0) is 0 Å². The molecule has 1 atom stereocenters. The third-order valence-corrected chi connectivity index (χ3v) is 2.62. The molecule has 0 saturated heterocycles. The van der Waals surface area contributed by atoms with Gasteiger partial charge in [-0.05, 0) is 12.5 Å². The summed E-state index contributed by atoms with van der Waals surface area (Å²) in [6.07, 6.45) is 7.87. The SMILES string of the molecule is C=Cn1cc[n+](C(C)c2ccccc2)c1. The second kappa shape index (κ2) is 4.13. The van der Waals surface area contributed by atoms with Crippen molar-refractivity contribution in [3.63, 3.8) is 0 Å². The van der Waals surface area contributed by atoms with Gasteiger partial charge in [-0.2, -0.15) is 0 Å². The van der Waals surface area contributed by atoms with Crippen molar-refractivity contribution in [2.75, 3.05) is 0 Å². The monoisotopic (exact) mass is 199 g/mol. The molecule has 1 heterocycles.